The zero-order valence-corrected chi connectivity index (χ0v) is 24.8. The van der Waals surface area contributed by atoms with E-state index in [1.807, 2.05) is 38.1 Å². The Kier molecular flexibility index (Phi) is 12.2. The van der Waals surface area contributed by atoms with E-state index >= 15 is 0 Å². The molecule has 4 nitrogen and oxygen atoms in total. The number of terminal acetylenes is 1. The van der Waals surface area contributed by atoms with E-state index in [1.54, 1.807) is 19.0 Å². The fourth-order valence-electron chi connectivity index (χ4n) is 5.85. The van der Waals surface area contributed by atoms with Gasteiger partial charge in [-0.05, 0) is 76.3 Å². The van der Waals surface area contributed by atoms with Gasteiger partial charge < -0.3 is 15.0 Å². The van der Waals surface area contributed by atoms with Crippen LogP contribution in [0.4, 0.5) is 5.69 Å². The minimum Gasteiger partial charge on any atom is -0.381 e. The summed E-state index contributed by atoms with van der Waals surface area (Å²) < 4.78 is 5.61. The van der Waals surface area contributed by atoms with Gasteiger partial charge in [0.15, 0.2) is 0 Å². The molecule has 0 aromatic heterocycles. The molecule has 0 spiro atoms. The van der Waals surface area contributed by atoms with E-state index < -0.39 is 0 Å². The van der Waals surface area contributed by atoms with Crippen molar-refractivity contribution in [3.05, 3.63) is 94.6 Å². The van der Waals surface area contributed by atoms with Gasteiger partial charge in [-0.25, -0.2) is 0 Å². The Hall–Kier alpha value is -3.81. The summed E-state index contributed by atoms with van der Waals surface area (Å²) in [6.45, 7) is 11.1. The van der Waals surface area contributed by atoms with E-state index in [9.17, 15) is 4.79 Å². The molecule has 0 unspecified atom stereocenters. The predicted molar refractivity (Wildman–Crippen MR) is 181 cm³/mol. The number of anilines is 1. The lowest BCUT2D eigenvalue weighted by Crippen LogP contribution is -2.34. The van der Waals surface area contributed by atoms with Crippen LogP contribution in [0.2, 0.25) is 0 Å². The topological polar surface area (TPSA) is 41.6 Å². The van der Waals surface area contributed by atoms with Gasteiger partial charge in [0, 0.05) is 56.2 Å². The zero-order valence-electron chi connectivity index (χ0n) is 24.8. The van der Waals surface area contributed by atoms with E-state index in [4.69, 9.17) is 11.2 Å². The molecule has 1 saturated heterocycles. The Morgan fingerprint density at radius 2 is 1.55 bits per heavy atom. The van der Waals surface area contributed by atoms with Crippen LogP contribution >= 0.6 is 0 Å². The molecule has 0 radical (unpaired) electrons. The van der Waals surface area contributed by atoms with Crippen LogP contribution in [0.1, 0.15) is 88.0 Å². The lowest BCUT2D eigenvalue weighted by Gasteiger charge is -2.38. The molecule has 5 rings (SSSR count). The number of nitrogens with zero attached hydrogens (tertiary/aromatic N) is 1. The van der Waals surface area contributed by atoms with E-state index in [-0.39, 0.29) is 26.2 Å². The van der Waals surface area contributed by atoms with Crippen LogP contribution in [0, 0.1) is 18.3 Å². The Labute approximate surface area is 255 Å². The number of rotatable bonds is 5. The molecule has 1 N–H and O–H groups in total. The number of hydrogen-bond donors (Lipinski definition) is 1. The normalized spacial score (nSPS) is 14.3. The quantitative estimate of drug-likeness (QED) is 0.314. The first-order valence-electron chi connectivity index (χ1n) is 14.4. The van der Waals surface area contributed by atoms with Gasteiger partial charge in [-0.3, -0.25) is 4.79 Å². The Balaban J connectivity index is 0.00000151. The average molecular weight is 567 g/mol. The first kappa shape index (κ1) is 34.4. The Morgan fingerprint density at radius 1 is 0.929 bits per heavy atom. The van der Waals surface area contributed by atoms with Crippen LogP contribution in [0.25, 0.3) is 16.7 Å². The summed E-state index contributed by atoms with van der Waals surface area (Å²) in [6.07, 6.45) is 10.4. The van der Waals surface area contributed by atoms with Gasteiger partial charge in [0.1, 0.15) is 0 Å². The molecule has 1 amide bonds. The zero-order chi connectivity index (χ0) is 28.9. The number of carbonyl (C=O) groups is 1. The largest absolute Gasteiger partial charge is 0.381 e. The second-order valence-electron chi connectivity index (χ2n) is 11.0. The summed E-state index contributed by atoms with van der Waals surface area (Å²) in [5, 5.41) is 3.53. The lowest BCUT2D eigenvalue weighted by atomic mass is 9.68. The summed E-state index contributed by atoms with van der Waals surface area (Å²) in [6, 6.07) is 21.0. The smallest absolute Gasteiger partial charge is 0.253 e. The second-order valence-corrected chi connectivity index (χ2v) is 11.0. The number of nitrogens with one attached hydrogen (secondary N) is 1. The van der Waals surface area contributed by atoms with Crippen LogP contribution in [-0.2, 0) is 10.2 Å². The maximum absolute atomic E-state index is 12.2. The third-order valence-electron chi connectivity index (χ3n) is 8.20. The number of benzene rings is 3. The molecule has 4 heteroatoms. The van der Waals surface area contributed by atoms with Crippen LogP contribution < -0.4 is 5.32 Å². The maximum atomic E-state index is 12.2. The van der Waals surface area contributed by atoms with Crippen LogP contribution in [0.5, 0.6) is 0 Å². The number of fused-ring (bicyclic) bond motifs is 1. The molecule has 0 aliphatic carbocycles. The van der Waals surface area contributed by atoms with Crippen molar-refractivity contribution in [1.29, 1.82) is 0 Å². The minimum atomic E-state index is -0.00791. The molecular formula is C38H50N2O2. The summed E-state index contributed by atoms with van der Waals surface area (Å²) in [7, 11) is 3.54. The predicted octanol–water partition coefficient (Wildman–Crippen LogP) is 8.90. The molecule has 2 heterocycles. The van der Waals surface area contributed by atoms with E-state index in [1.165, 1.54) is 16.7 Å². The van der Waals surface area contributed by atoms with Gasteiger partial charge in [-0.15, -0.1) is 6.42 Å². The number of amides is 1. The molecule has 224 valence electrons. The number of carbonyl (C=O) groups excluding carboxylic acids is 1. The molecule has 2 aliphatic rings. The van der Waals surface area contributed by atoms with Crippen LogP contribution in [0.3, 0.4) is 0 Å². The van der Waals surface area contributed by atoms with Crippen molar-refractivity contribution in [2.24, 2.45) is 5.92 Å². The Bertz CT molecular complexity index is 1420. The van der Waals surface area contributed by atoms with Gasteiger partial charge in [-0.2, -0.15) is 0 Å². The summed E-state index contributed by atoms with van der Waals surface area (Å²) in [5.41, 5.74) is 9.70. The fraction of sp³-hybridized carbons (Fsp3) is 0.395. The molecule has 0 saturated carbocycles. The van der Waals surface area contributed by atoms with Gasteiger partial charge in [0.2, 0.25) is 0 Å². The standard InChI is InChI=1S/C34H36N2O2.C2H6.2CH4/c1-6-23-21-27(12-14-31(23)34(2,3)28-16-19-38-20-17-28)29-15-18-35-32-22-26(11-13-30(29)32)24-7-9-25(10-8-24)33(37)36(4)5;1-2;;/h1,7-15,21-22,28,35H,16-20H2,2-5H3;1-2H3;2*1H4. The fourth-order valence-corrected chi connectivity index (χ4v) is 5.85. The van der Waals surface area contributed by atoms with Crippen molar-refractivity contribution >= 4 is 17.2 Å². The van der Waals surface area contributed by atoms with Crippen molar-refractivity contribution in [2.75, 3.05) is 39.2 Å². The molecule has 2 aliphatic heterocycles. The highest BCUT2D eigenvalue weighted by molar-refractivity contribution is 5.95. The number of hydrogen-bond acceptors (Lipinski definition) is 3. The van der Waals surface area contributed by atoms with Crippen molar-refractivity contribution in [3.63, 3.8) is 0 Å². The lowest BCUT2D eigenvalue weighted by molar-refractivity contribution is 0.0436. The Morgan fingerprint density at radius 3 is 2.17 bits per heavy atom. The summed E-state index contributed by atoms with van der Waals surface area (Å²) >= 11 is 0. The van der Waals surface area contributed by atoms with E-state index in [2.05, 4.69) is 67.6 Å². The van der Waals surface area contributed by atoms with Crippen LogP contribution in [0.15, 0.2) is 66.7 Å². The van der Waals surface area contributed by atoms with Crippen molar-refractivity contribution in [2.45, 2.75) is 60.8 Å². The molecule has 1 fully saturated rings. The summed E-state index contributed by atoms with van der Waals surface area (Å²) in [4.78, 5) is 13.8. The number of ether oxygens (including phenoxy) is 1. The molecule has 42 heavy (non-hydrogen) atoms. The molecule has 0 bridgehead atoms. The molecule has 3 aromatic carbocycles. The van der Waals surface area contributed by atoms with Gasteiger partial charge in [-0.1, -0.05) is 90.9 Å². The highest BCUT2D eigenvalue weighted by atomic mass is 16.5. The highest BCUT2D eigenvalue weighted by Crippen LogP contribution is 2.41. The maximum Gasteiger partial charge on any atom is 0.253 e. The molecule has 3 aromatic rings. The minimum absolute atomic E-state index is 0. The monoisotopic (exact) mass is 566 g/mol. The van der Waals surface area contributed by atoms with Gasteiger partial charge in [0.05, 0.1) is 0 Å². The first-order valence-corrected chi connectivity index (χ1v) is 14.4. The second kappa shape index (κ2) is 14.9. The molecular weight excluding hydrogens is 516 g/mol. The SMILES string of the molecule is C.C.C#Cc1cc(C2=CCNc3cc(-c4ccc(C(=O)N(C)C)cc4)ccc32)ccc1C(C)(C)C1CCOCC1.CC. The van der Waals surface area contributed by atoms with Crippen molar-refractivity contribution in [3.8, 4) is 23.5 Å². The average Bonchev–Trinajstić information content (AvgIpc) is 3.01. The first-order chi connectivity index (χ1) is 19.3. The van der Waals surface area contributed by atoms with Crippen LogP contribution in [-0.4, -0.2) is 44.7 Å². The highest BCUT2D eigenvalue weighted by Gasteiger charge is 2.34. The van der Waals surface area contributed by atoms with Gasteiger partial charge in [0.25, 0.3) is 5.91 Å². The summed E-state index contributed by atoms with van der Waals surface area (Å²) in [5.74, 6) is 3.56. The van der Waals surface area contributed by atoms with Crippen molar-refractivity contribution < 1.29 is 9.53 Å². The molecule has 0 atom stereocenters. The van der Waals surface area contributed by atoms with E-state index in [0.717, 1.165) is 60.5 Å². The van der Waals surface area contributed by atoms with E-state index in [0.29, 0.717) is 11.5 Å². The van der Waals surface area contributed by atoms with Gasteiger partial charge >= 0.3 is 0 Å². The van der Waals surface area contributed by atoms with Crippen molar-refractivity contribution in [1.82, 2.24) is 4.90 Å². The third-order valence-corrected chi connectivity index (χ3v) is 8.20. The third kappa shape index (κ3) is 6.97.